The van der Waals surface area contributed by atoms with Gasteiger partial charge in [-0.05, 0) is 5.56 Å². The minimum atomic E-state index is -0.891. The normalized spacial score (nSPS) is 11.8. The molecule has 0 heterocycles. The lowest BCUT2D eigenvalue weighted by Crippen LogP contribution is -2.21. The molecule has 4 heteroatoms. The monoisotopic (exact) mass is 221 g/mol. The van der Waals surface area contributed by atoms with Crippen LogP contribution >= 0.6 is 0 Å². The van der Waals surface area contributed by atoms with Crippen molar-refractivity contribution in [2.75, 3.05) is 7.05 Å². The van der Waals surface area contributed by atoms with Gasteiger partial charge in [-0.1, -0.05) is 30.3 Å². The average Bonchev–Trinajstić information content (AvgIpc) is 2.28. The third-order valence-corrected chi connectivity index (χ3v) is 2.40. The molecule has 2 N–H and O–H groups in total. The van der Waals surface area contributed by atoms with E-state index in [4.69, 9.17) is 5.11 Å². The molecule has 0 aromatic heterocycles. The van der Waals surface area contributed by atoms with Crippen LogP contribution in [0.2, 0.25) is 0 Å². The fraction of sp³-hybridized carbons (Fsp3) is 0.333. The topological polar surface area (TPSA) is 66.4 Å². The second kappa shape index (κ2) is 5.90. The number of hydrogen-bond donors (Lipinski definition) is 2. The van der Waals surface area contributed by atoms with Crippen LogP contribution in [0.1, 0.15) is 24.3 Å². The molecule has 1 atom stereocenters. The van der Waals surface area contributed by atoms with Gasteiger partial charge in [0.15, 0.2) is 0 Å². The Morgan fingerprint density at radius 1 is 1.25 bits per heavy atom. The van der Waals surface area contributed by atoms with E-state index < -0.39 is 5.97 Å². The van der Waals surface area contributed by atoms with Crippen LogP contribution in [0.25, 0.3) is 0 Å². The van der Waals surface area contributed by atoms with Crippen molar-refractivity contribution in [3.63, 3.8) is 0 Å². The van der Waals surface area contributed by atoms with Crippen molar-refractivity contribution in [1.29, 1.82) is 0 Å². The third kappa shape index (κ3) is 3.73. The molecule has 0 aliphatic carbocycles. The first-order chi connectivity index (χ1) is 7.63. The fourth-order valence-corrected chi connectivity index (χ4v) is 1.57. The minimum Gasteiger partial charge on any atom is -0.481 e. The summed E-state index contributed by atoms with van der Waals surface area (Å²) in [4.78, 5) is 22.0. The smallest absolute Gasteiger partial charge is 0.303 e. The first kappa shape index (κ1) is 12.2. The van der Waals surface area contributed by atoms with Crippen molar-refractivity contribution < 1.29 is 14.7 Å². The number of carboxylic acid groups (broad SMARTS) is 1. The number of nitrogens with one attached hydrogen (secondary N) is 1. The Morgan fingerprint density at radius 3 is 2.38 bits per heavy atom. The summed E-state index contributed by atoms with van der Waals surface area (Å²) in [5.41, 5.74) is 0.883. The van der Waals surface area contributed by atoms with E-state index in [-0.39, 0.29) is 24.7 Å². The Hall–Kier alpha value is -1.84. The molecular weight excluding hydrogens is 206 g/mol. The molecular formula is C12H15NO3. The highest BCUT2D eigenvalue weighted by atomic mass is 16.4. The molecule has 0 radical (unpaired) electrons. The van der Waals surface area contributed by atoms with E-state index in [2.05, 4.69) is 5.32 Å². The summed E-state index contributed by atoms with van der Waals surface area (Å²) in [5.74, 6) is -1.30. The van der Waals surface area contributed by atoms with Gasteiger partial charge in [-0.3, -0.25) is 9.59 Å². The quantitative estimate of drug-likeness (QED) is 0.789. The number of rotatable bonds is 5. The highest BCUT2D eigenvalue weighted by Gasteiger charge is 2.18. The van der Waals surface area contributed by atoms with Gasteiger partial charge < -0.3 is 10.4 Å². The maximum absolute atomic E-state index is 11.3. The molecule has 0 bridgehead atoms. The standard InChI is InChI=1S/C12H15NO3/c1-13-11(14)7-10(8-12(15)16)9-5-3-2-4-6-9/h2-6,10H,7-8H2,1H3,(H,13,14)(H,15,16)/t10-/m0/s1. The largest absolute Gasteiger partial charge is 0.481 e. The number of hydrogen-bond acceptors (Lipinski definition) is 2. The number of aliphatic carboxylic acids is 1. The summed E-state index contributed by atoms with van der Waals surface area (Å²) >= 11 is 0. The molecule has 0 aliphatic rings. The second-order valence-corrected chi connectivity index (χ2v) is 3.58. The summed E-state index contributed by atoms with van der Waals surface area (Å²) in [7, 11) is 1.55. The predicted octanol–water partition coefficient (Wildman–Crippen LogP) is 1.38. The first-order valence-corrected chi connectivity index (χ1v) is 5.10. The zero-order valence-corrected chi connectivity index (χ0v) is 9.14. The SMILES string of the molecule is CNC(=O)C[C@@H](CC(=O)O)c1ccccc1. The maximum Gasteiger partial charge on any atom is 0.303 e. The molecule has 0 saturated carbocycles. The lowest BCUT2D eigenvalue weighted by Gasteiger charge is -2.14. The van der Waals surface area contributed by atoms with Gasteiger partial charge in [-0.25, -0.2) is 0 Å². The van der Waals surface area contributed by atoms with Gasteiger partial charge in [0.05, 0.1) is 6.42 Å². The van der Waals surface area contributed by atoms with E-state index in [1.54, 1.807) is 7.05 Å². The number of carbonyl (C=O) groups excluding carboxylic acids is 1. The van der Waals surface area contributed by atoms with Crippen LogP contribution in [0, 0.1) is 0 Å². The summed E-state index contributed by atoms with van der Waals surface area (Å²) in [6.45, 7) is 0. The zero-order chi connectivity index (χ0) is 12.0. The molecule has 4 nitrogen and oxygen atoms in total. The molecule has 16 heavy (non-hydrogen) atoms. The Labute approximate surface area is 94.3 Å². The van der Waals surface area contributed by atoms with Crippen LogP contribution in [-0.2, 0) is 9.59 Å². The van der Waals surface area contributed by atoms with Gasteiger partial charge in [0.25, 0.3) is 0 Å². The summed E-state index contributed by atoms with van der Waals surface area (Å²) < 4.78 is 0. The van der Waals surface area contributed by atoms with Gasteiger partial charge in [0.2, 0.25) is 5.91 Å². The van der Waals surface area contributed by atoms with Crippen molar-refractivity contribution in [3.05, 3.63) is 35.9 Å². The lowest BCUT2D eigenvalue weighted by molar-refractivity contribution is -0.137. The minimum absolute atomic E-state index is 0.0303. The van der Waals surface area contributed by atoms with Crippen LogP contribution in [0.3, 0.4) is 0 Å². The van der Waals surface area contributed by atoms with Crippen LogP contribution in [-0.4, -0.2) is 24.0 Å². The van der Waals surface area contributed by atoms with E-state index >= 15 is 0 Å². The maximum atomic E-state index is 11.3. The fourth-order valence-electron chi connectivity index (χ4n) is 1.57. The van der Waals surface area contributed by atoms with Crippen molar-refractivity contribution in [2.24, 2.45) is 0 Å². The van der Waals surface area contributed by atoms with Gasteiger partial charge in [0, 0.05) is 19.4 Å². The molecule has 0 spiro atoms. The Morgan fingerprint density at radius 2 is 1.88 bits per heavy atom. The van der Waals surface area contributed by atoms with E-state index in [1.165, 1.54) is 0 Å². The predicted molar refractivity (Wildman–Crippen MR) is 60.1 cm³/mol. The van der Waals surface area contributed by atoms with E-state index in [0.29, 0.717) is 0 Å². The Balaban J connectivity index is 2.79. The van der Waals surface area contributed by atoms with Crippen molar-refractivity contribution >= 4 is 11.9 Å². The number of carbonyl (C=O) groups is 2. The highest BCUT2D eigenvalue weighted by molar-refractivity contribution is 5.78. The van der Waals surface area contributed by atoms with Gasteiger partial charge >= 0.3 is 5.97 Å². The van der Waals surface area contributed by atoms with E-state index in [1.807, 2.05) is 30.3 Å². The van der Waals surface area contributed by atoms with Crippen LogP contribution in [0.5, 0.6) is 0 Å². The van der Waals surface area contributed by atoms with Gasteiger partial charge in [-0.2, -0.15) is 0 Å². The second-order valence-electron chi connectivity index (χ2n) is 3.58. The van der Waals surface area contributed by atoms with Crippen molar-refractivity contribution in [3.8, 4) is 0 Å². The number of carboxylic acids is 1. The van der Waals surface area contributed by atoms with E-state index in [0.717, 1.165) is 5.56 Å². The zero-order valence-electron chi connectivity index (χ0n) is 9.14. The van der Waals surface area contributed by atoms with Crippen LogP contribution in [0.15, 0.2) is 30.3 Å². The van der Waals surface area contributed by atoms with Crippen LogP contribution in [0.4, 0.5) is 0 Å². The van der Waals surface area contributed by atoms with Gasteiger partial charge in [-0.15, -0.1) is 0 Å². The summed E-state index contributed by atoms with van der Waals surface area (Å²) in [6.07, 6.45) is 0.171. The van der Waals surface area contributed by atoms with Gasteiger partial charge in [0.1, 0.15) is 0 Å². The van der Waals surface area contributed by atoms with E-state index in [9.17, 15) is 9.59 Å². The molecule has 0 unspecified atom stereocenters. The molecule has 1 aromatic rings. The number of benzene rings is 1. The molecule has 0 aliphatic heterocycles. The summed E-state index contributed by atoms with van der Waals surface area (Å²) in [5, 5.41) is 11.3. The Kier molecular flexibility index (Phi) is 4.51. The molecule has 0 saturated heterocycles. The molecule has 1 amide bonds. The molecule has 86 valence electrons. The first-order valence-electron chi connectivity index (χ1n) is 5.10. The van der Waals surface area contributed by atoms with Crippen molar-refractivity contribution in [1.82, 2.24) is 5.32 Å². The average molecular weight is 221 g/mol. The molecule has 1 aromatic carbocycles. The molecule has 0 fully saturated rings. The Bertz CT molecular complexity index is 362. The molecule has 1 rings (SSSR count). The van der Waals surface area contributed by atoms with Crippen molar-refractivity contribution in [2.45, 2.75) is 18.8 Å². The lowest BCUT2D eigenvalue weighted by atomic mass is 9.92. The highest BCUT2D eigenvalue weighted by Crippen LogP contribution is 2.23. The summed E-state index contributed by atoms with van der Waals surface area (Å²) in [6, 6.07) is 9.23. The third-order valence-electron chi connectivity index (χ3n) is 2.40. The number of amides is 1. The van der Waals surface area contributed by atoms with Crippen LogP contribution < -0.4 is 5.32 Å².